The van der Waals surface area contributed by atoms with Crippen molar-refractivity contribution in [1.29, 1.82) is 0 Å². The van der Waals surface area contributed by atoms with Crippen LogP contribution < -0.4 is 10.6 Å². The second-order valence-electron chi connectivity index (χ2n) is 6.11. The van der Waals surface area contributed by atoms with E-state index >= 15 is 0 Å². The second-order valence-corrected chi connectivity index (χ2v) is 6.11. The molecule has 0 aliphatic heterocycles. The molecule has 1 aliphatic carbocycles. The first-order valence-electron chi connectivity index (χ1n) is 7.84. The number of carbonyl (C=O) groups excluding carboxylic acids is 1. The zero-order valence-corrected chi connectivity index (χ0v) is 13.1. The molecule has 3 rings (SSSR count). The summed E-state index contributed by atoms with van der Waals surface area (Å²) in [4.78, 5) is 16.3. The lowest BCUT2D eigenvalue weighted by Crippen LogP contribution is -2.42. The Bertz CT molecular complexity index is 690. The molecule has 1 fully saturated rings. The lowest BCUT2D eigenvalue weighted by atomic mass is 10.0. The lowest BCUT2D eigenvalue weighted by molar-refractivity contribution is 0.0506. The molecule has 1 heterocycles. The molecule has 0 spiro atoms. The molecule has 6 heteroatoms. The molecule has 1 aromatic carbocycles. The minimum Gasteiger partial charge on any atom is -0.444 e. The smallest absolute Gasteiger partial charge is 0.319 e. The predicted octanol–water partition coefficient (Wildman–Crippen LogP) is 3.08. The zero-order valence-electron chi connectivity index (χ0n) is 13.1. The molecule has 0 radical (unpaired) electrons. The third-order valence-electron chi connectivity index (χ3n) is 4.10. The normalized spacial score (nSPS) is 16.3. The number of nitrogens with one attached hydrogen (secondary N) is 2. The van der Waals surface area contributed by atoms with Crippen LogP contribution in [0.4, 0.5) is 10.5 Å². The standard InChI is InChI=1S/C17H21N3O3/c1-12-10-23-15(19-12)13-5-4-6-14(9-13)20-16(21)18-11-17(22)7-2-3-8-17/h4-6,9-10,22H,2-3,7-8,11H2,1H3,(H2,18,20,21). The topological polar surface area (TPSA) is 87.4 Å². The number of hydrogen-bond acceptors (Lipinski definition) is 4. The van der Waals surface area contributed by atoms with Gasteiger partial charge in [-0.1, -0.05) is 18.9 Å². The van der Waals surface area contributed by atoms with Gasteiger partial charge in [-0.25, -0.2) is 9.78 Å². The number of aryl methyl sites for hydroxylation is 1. The largest absolute Gasteiger partial charge is 0.444 e. The first-order chi connectivity index (χ1) is 11.0. The highest BCUT2D eigenvalue weighted by atomic mass is 16.3. The van der Waals surface area contributed by atoms with Crippen LogP contribution in [0.3, 0.4) is 0 Å². The third-order valence-corrected chi connectivity index (χ3v) is 4.10. The Balaban J connectivity index is 1.60. The van der Waals surface area contributed by atoms with Gasteiger partial charge in [-0.15, -0.1) is 0 Å². The van der Waals surface area contributed by atoms with Crippen LogP contribution in [-0.4, -0.2) is 28.3 Å². The van der Waals surface area contributed by atoms with Crippen LogP contribution in [0, 0.1) is 6.92 Å². The van der Waals surface area contributed by atoms with Gasteiger partial charge in [-0.2, -0.15) is 0 Å². The summed E-state index contributed by atoms with van der Waals surface area (Å²) in [6, 6.07) is 6.97. The Morgan fingerprint density at radius 3 is 2.87 bits per heavy atom. The van der Waals surface area contributed by atoms with Crippen molar-refractivity contribution < 1.29 is 14.3 Å². The molecule has 0 atom stereocenters. The van der Waals surface area contributed by atoms with E-state index in [9.17, 15) is 9.90 Å². The number of amides is 2. The minimum absolute atomic E-state index is 0.275. The molecule has 1 aromatic heterocycles. The number of nitrogens with zero attached hydrogens (tertiary/aromatic N) is 1. The van der Waals surface area contributed by atoms with Gasteiger partial charge in [-0.3, -0.25) is 0 Å². The van der Waals surface area contributed by atoms with Crippen molar-refractivity contribution in [3.63, 3.8) is 0 Å². The van der Waals surface area contributed by atoms with Crippen molar-refractivity contribution in [2.24, 2.45) is 0 Å². The van der Waals surface area contributed by atoms with Crippen molar-refractivity contribution >= 4 is 11.7 Å². The molecular weight excluding hydrogens is 294 g/mol. The number of aliphatic hydroxyl groups is 1. The number of anilines is 1. The molecule has 122 valence electrons. The van der Waals surface area contributed by atoms with Crippen LogP contribution in [0.25, 0.3) is 11.5 Å². The van der Waals surface area contributed by atoms with Gasteiger partial charge >= 0.3 is 6.03 Å². The lowest BCUT2D eigenvalue weighted by Gasteiger charge is -2.22. The molecule has 1 saturated carbocycles. The molecule has 2 aromatic rings. The summed E-state index contributed by atoms with van der Waals surface area (Å²) >= 11 is 0. The van der Waals surface area contributed by atoms with E-state index in [1.54, 1.807) is 18.4 Å². The molecular formula is C17H21N3O3. The fraction of sp³-hybridized carbons (Fsp3) is 0.412. The summed E-state index contributed by atoms with van der Waals surface area (Å²) in [5.74, 6) is 0.520. The van der Waals surface area contributed by atoms with Crippen LogP contribution in [-0.2, 0) is 0 Å². The first kappa shape index (κ1) is 15.6. The molecule has 0 saturated heterocycles. The summed E-state index contributed by atoms with van der Waals surface area (Å²) in [6.45, 7) is 2.13. The van der Waals surface area contributed by atoms with Gasteiger partial charge in [0.15, 0.2) is 0 Å². The Labute approximate surface area is 134 Å². The molecule has 0 unspecified atom stereocenters. The minimum atomic E-state index is -0.755. The Morgan fingerprint density at radius 2 is 2.17 bits per heavy atom. The van der Waals surface area contributed by atoms with E-state index in [4.69, 9.17) is 4.42 Å². The van der Waals surface area contributed by atoms with E-state index in [0.717, 1.165) is 36.9 Å². The number of rotatable bonds is 4. The van der Waals surface area contributed by atoms with Gasteiger partial charge in [0.05, 0.1) is 11.3 Å². The summed E-state index contributed by atoms with van der Waals surface area (Å²) in [7, 11) is 0. The van der Waals surface area contributed by atoms with E-state index in [2.05, 4.69) is 15.6 Å². The van der Waals surface area contributed by atoms with E-state index in [-0.39, 0.29) is 12.6 Å². The van der Waals surface area contributed by atoms with Gasteiger partial charge in [0, 0.05) is 17.8 Å². The maximum Gasteiger partial charge on any atom is 0.319 e. The van der Waals surface area contributed by atoms with Crippen molar-refractivity contribution in [3.05, 3.63) is 36.2 Å². The summed E-state index contributed by atoms with van der Waals surface area (Å²) in [6.07, 6.45) is 5.10. The molecule has 3 N–H and O–H groups in total. The van der Waals surface area contributed by atoms with Crippen LogP contribution in [0.15, 0.2) is 34.9 Å². The number of urea groups is 1. The van der Waals surface area contributed by atoms with Gasteiger partial charge in [0.1, 0.15) is 6.26 Å². The number of carbonyl (C=O) groups is 1. The maximum atomic E-state index is 12.0. The van der Waals surface area contributed by atoms with Crippen LogP contribution in [0.1, 0.15) is 31.4 Å². The fourth-order valence-electron chi connectivity index (χ4n) is 2.85. The Kier molecular flexibility index (Phi) is 4.34. The van der Waals surface area contributed by atoms with Gasteiger partial charge < -0.3 is 20.2 Å². The van der Waals surface area contributed by atoms with Crippen molar-refractivity contribution in [3.8, 4) is 11.5 Å². The molecule has 2 amide bonds. The molecule has 23 heavy (non-hydrogen) atoms. The number of aromatic nitrogens is 1. The average molecular weight is 315 g/mol. The SMILES string of the molecule is Cc1coc(-c2cccc(NC(=O)NCC3(O)CCCC3)c2)n1. The molecule has 0 bridgehead atoms. The Morgan fingerprint density at radius 1 is 1.39 bits per heavy atom. The quantitative estimate of drug-likeness (QED) is 0.809. The van der Waals surface area contributed by atoms with Gasteiger partial charge in [0.25, 0.3) is 0 Å². The number of benzene rings is 1. The summed E-state index contributed by atoms with van der Waals surface area (Å²) < 4.78 is 5.37. The number of hydrogen-bond donors (Lipinski definition) is 3. The van der Waals surface area contributed by atoms with Crippen molar-refractivity contribution in [2.45, 2.75) is 38.2 Å². The fourth-order valence-corrected chi connectivity index (χ4v) is 2.85. The monoisotopic (exact) mass is 315 g/mol. The number of oxazole rings is 1. The van der Waals surface area contributed by atoms with Crippen LogP contribution in [0.2, 0.25) is 0 Å². The van der Waals surface area contributed by atoms with Gasteiger partial charge in [0.2, 0.25) is 5.89 Å². The van der Waals surface area contributed by atoms with E-state index in [1.807, 2.05) is 19.1 Å². The highest BCUT2D eigenvalue weighted by Gasteiger charge is 2.31. The molecule has 1 aliphatic rings. The Hall–Kier alpha value is -2.34. The predicted molar refractivity (Wildman–Crippen MR) is 87.1 cm³/mol. The van der Waals surface area contributed by atoms with E-state index < -0.39 is 5.60 Å². The zero-order chi connectivity index (χ0) is 16.3. The third kappa shape index (κ3) is 3.90. The van der Waals surface area contributed by atoms with Crippen LogP contribution >= 0.6 is 0 Å². The van der Waals surface area contributed by atoms with E-state index in [1.165, 1.54) is 0 Å². The van der Waals surface area contributed by atoms with Crippen molar-refractivity contribution in [2.75, 3.05) is 11.9 Å². The first-order valence-corrected chi connectivity index (χ1v) is 7.84. The van der Waals surface area contributed by atoms with Gasteiger partial charge in [-0.05, 0) is 38.0 Å². The van der Waals surface area contributed by atoms with Crippen molar-refractivity contribution in [1.82, 2.24) is 10.3 Å². The average Bonchev–Trinajstić information content (AvgIpc) is 3.15. The molecule has 6 nitrogen and oxygen atoms in total. The summed E-state index contributed by atoms with van der Waals surface area (Å²) in [5, 5.41) is 15.7. The van der Waals surface area contributed by atoms with Crippen LogP contribution in [0.5, 0.6) is 0 Å². The summed E-state index contributed by atoms with van der Waals surface area (Å²) in [5.41, 5.74) is 1.50. The highest BCUT2D eigenvalue weighted by Crippen LogP contribution is 2.28. The maximum absolute atomic E-state index is 12.0. The van der Waals surface area contributed by atoms with E-state index in [0.29, 0.717) is 11.6 Å². The highest BCUT2D eigenvalue weighted by molar-refractivity contribution is 5.89. The second kappa shape index (κ2) is 6.42.